The quantitative estimate of drug-likeness (QED) is 0.448. The molecule has 0 aromatic carbocycles. The molecule has 0 unspecified atom stereocenters. The Morgan fingerprint density at radius 1 is 1.12 bits per heavy atom. The Balaban J connectivity index is 1.95. The van der Waals surface area contributed by atoms with Gasteiger partial charge in [-0.1, -0.05) is 19.3 Å². The highest BCUT2D eigenvalue weighted by atomic mass is 16.5. The van der Waals surface area contributed by atoms with E-state index in [-0.39, 0.29) is 12.0 Å². The van der Waals surface area contributed by atoms with E-state index in [9.17, 15) is 9.59 Å². The van der Waals surface area contributed by atoms with E-state index >= 15 is 0 Å². The van der Waals surface area contributed by atoms with Gasteiger partial charge in [-0.2, -0.15) is 0 Å². The van der Waals surface area contributed by atoms with Gasteiger partial charge >= 0.3 is 12.0 Å². The number of unbranched alkanes of at least 4 members (excludes halogenated alkanes) is 4. The Kier molecular flexibility index (Phi) is 10.2. The summed E-state index contributed by atoms with van der Waals surface area (Å²) in [6, 6.07) is -0.192. The number of aryl methyl sites for hydroxylation is 1. The first-order valence-electron chi connectivity index (χ1n) is 8.71. The number of urea groups is 1. The van der Waals surface area contributed by atoms with Crippen LogP contribution in [0.3, 0.4) is 0 Å². The second-order valence-corrected chi connectivity index (χ2v) is 5.47. The van der Waals surface area contributed by atoms with Crippen molar-refractivity contribution in [3.05, 3.63) is 12.2 Å². The van der Waals surface area contributed by atoms with Gasteiger partial charge in [-0.3, -0.25) is 4.79 Å². The minimum atomic E-state index is -0.192. The average Bonchev–Trinajstić information content (AvgIpc) is 3.03. The van der Waals surface area contributed by atoms with Crippen molar-refractivity contribution < 1.29 is 14.3 Å². The first-order valence-corrected chi connectivity index (χ1v) is 8.71. The molecule has 136 valence electrons. The maximum atomic E-state index is 11.7. The van der Waals surface area contributed by atoms with E-state index < -0.39 is 0 Å². The van der Waals surface area contributed by atoms with Crippen molar-refractivity contribution >= 4 is 12.0 Å². The minimum absolute atomic E-state index is 0.116. The zero-order valence-corrected chi connectivity index (χ0v) is 14.7. The van der Waals surface area contributed by atoms with Gasteiger partial charge in [0.1, 0.15) is 6.33 Å². The van der Waals surface area contributed by atoms with Crippen molar-refractivity contribution in [2.24, 2.45) is 0 Å². The van der Waals surface area contributed by atoms with Crippen LogP contribution in [-0.4, -0.2) is 39.9 Å². The fourth-order valence-corrected chi connectivity index (χ4v) is 2.26. The predicted octanol–water partition coefficient (Wildman–Crippen LogP) is 2.00. The summed E-state index contributed by atoms with van der Waals surface area (Å²) >= 11 is 0. The van der Waals surface area contributed by atoms with E-state index in [0.717, 1.165) is 44.5 Å². The molecule has 0 saturated heterocycles. The Labute approximate surface area is 143 Å². The van der Waals surface area contributed by atoms with E-state index in [2.05, 4.69) is 20.8 Å². The van der Waals surface area contributed by atoms with Gasteiger partial charge in [0, 0.05) is 19.5 Å². The maximum absolute atomic E-state index is 11.7. The number of ether oxygens (including phenoxy) is 1. The predicted molar refractivity (Wildman–Crippen MR) is 90.3 cm³/mol. The summed E-state index contributed by atoms with van der Waals surface area (Å²) in [5.74, 6) is 0.629. The van der Waals surface area contributed by atoms with Crippen LogP contribution in [0.25, 0.3) is 0 Å². The fraction of sp³-hybridized carbons (Fsp3) is 0.750. The van der Waals surface area contributed by atoms with Crippen LogP contribution in [0.15, 0.2) is 6.33 Å². The maximum Gasteiger partial charge on any atom is 0.315 e. The molecule has 2 amide bonds. The average molecular weight is 339 g/mol. The number of rotatable bonds is 12. The Morgan fingerprint density at radius 2 is 1.88 bits per heavy atom. The molecule has 0 fully saturated rings. The van der Waals surface area contributed by atoms with Gasteiger partial charge in [-0.25, -0.2) is 4.79 Å². The van der Waals surface area contributed by atoms with Gasteiger partial charge < -0.3 is 19.9 Å². The molecule has 0 saturated carbocycles. The van der Waals surface area contributed by atoms with Crippen molar-refractivity contribution in [3.63, 3.8) is 0 Å². The molecular formula is C16H29N5O3. The third-order valence-electron chi connectivity index (χ3n) is 3.59. The molecule has 1 aromatic heterocycles. The molecule has 0 atom stereocenters. The first-order chi connectivity index (χ1) is 11.7. The summed E-state index contributed by atoms with van der Waals surface area (Å²) in [6.45, 7) is 6.05. The van der Waals surface area contributed by atoms with Crippen LogP contribution in [0.2, 0.25) is 0 Å². The highest BCUT2D eigenvalue weighted by Gasteiger charge is 2.05. The zero-order valence-electron chi connectivity index (χ0n) is 14.7. The van der Waals surface area contributed by atoms with Crippen LogP contribution in [0.5, 0.6) is 0 Å². The van der Waals surface area contributed by atoms with Crippen molar-refractivity contribution in [3.8, 4) is 0 Å². The summed E-state index contributed by atoms with van der Waals surface area (Å²) in [5.41, 5.74) is 0. The van der Waals surface area contributed by atoms with Gasteiger partial charge in [0.05, 0.1) is 13.2 Å². The highest BCUT2D eigenvalue weighted by Crippen LogP contribution is 2.05. The number of carbonyl (C=O) groups is 2. The number of nitrogens with one attached hydrogen (secondary N) is 2. The Morgan fingerprint density at radius 3 is 2.62 bits per heavy atom. The Bertz CT molecular complexity index is 490. The van der Waals surface area contributed by atoms with Crippen LogP contribution in [0.1, 0.15) is 58.2 Å². The first kappa shape index (κ1) is 19.9. The smallest absolute Gasteiger partial charge is 0.315 e. The molecule has 0 aliphatic heterocycles. The lowest BCUT2D eigenvalue weighted by Gasteiger charge is -2.08. The molecule has 1 heterocycles. The van der Waals surface area contributed by atoms with E-state index in [0.29, 0.717) is 26.1 Å². The van der Waals surface area contributed by atoms with Crippen molar-refractivity contribution in [1.29, 1.82) is 0 Å². The van der Waals surface area contributed by atoms with Crippen molar-refractivity contribution in [2.45, 2.75) is 65.5 Å². The molecule has 2 N–H and O–H groups in total. The summed E-state index contributed by atoms with van der Waals surface area (Å²) in [6.07, 6.45) is 7.05. The van der Waals surface area contributed by atoms with Crippen molar-refractivity contribution in [1.82, 2.24) is 25.4 Å². The summed E-state index contributed by atoms with van der Waals surface area (Å²) in [5, 5.41) is 13.4. The zero-order chi connectivity index (χ0) is 17.6. The van der Waals surface area contributed by atoms with E-state index in [1.165, 1.54) is 0 Å². The lowest BCUT2D eigenvalue weighted by molar-refractivity contribution is -0.143. The van der Waals surface area contributed by atoms with Gasteiger partial charge in [-0.15, -0.1) is 10.2 Å². The monoisotopic (exact) mass is 339 g/mol. The standard InChI is InChI=1S/C16H29N5O3/c1-3-21-13-19-20-14(21)12-18-16(23)17-11-9-7-5-6-8-10-15(22)24-4-2/h13H,3-12H2,1-2H3,(H2,17,18,23). The lowest BCUT2D eigenvalue weighted by atomic mass is 10.1. The summed E-state index contributed by atoms with van der Waals surface area (Å²) in [7, 11) is 0. The Hall–Kier alpha value is -2.12. The van der Waals surface area contributed by atoms with E-state index in [1.807, 2.05) is 18.4 Å². The number of esters is 1. The molecule has 0 radical (unpaired) electrons. The van der Waals surface area contributed by atoms with Crippen molar-refractivity contribution in [2.75, 3.05) is 13.2 Å². The second kappa shape index (κ2) is 12.3. The summed E-state index contributed by atoms with van der Waals surface area (Å²) in [4.78, 5) is 22.8. The minimum Gasteiger partial charge on any atom is -0.466 e. The number of carbonyl (C=O) groups excluding carboxylic acids is 2. The van der Waals surface area contributed by atoms with Crippen LogP contribution < -0.4 is 10.6 Å². The molecule has 24 heavy (non-hydrogen) atoms. The number of hydrogen-bond acceptors (Lipinski definition) is 5. The SMILES string of the molecule is CCOC(=O)CCCCCCCNC(=O)NCc1nncn1CC. The molecule has 0 spiro atoms. The van der Waals surface area contributed by atoms with Crippen LogP contribution >= 0.6 is 0 Å². The molecule has 0 aliphatic carbocycles. The van der Waals surface area contributed by atoms with E-state index in [4.69, 9.17) is 4.74 Å². The topological polar surface area (TPSA) is 98.1 Å². The third kappa shape index (κ3) is 8.50. The fourth-order valence-electron chi connectivity index (χ4n) is 2.26. The number of aromatic nitrogens is 3. The molecule has 8 nitrogen and oxygen atoms in total. The normalized spacial score (nSPS) is 10.4. The third-order valence-corrected chi connectivity index (χ3v) is 3.59. The number of amides is 2. The molecular weight excluding hydrogens is 310 g/mol. The highest BCUT2D eigenvalue weighted by molar-refractivity contribution is 5.73. The number of nitrogens with zero attached hydrogens (tertiary/aromatic N) is 3. The van der Waals surface area contributed by atoms with Crippen LogP contribution in [-0.2, 0) is 22.6 Å². The van der Waals surface area contributed by atoms with Gasteiger partial charge in [0.2, 0.25) is 0 Å². The molecule has 0 bridgehead atoms. The van der Waals surface area contributed by atoms with Gasteiger partial charge in [-0.05, 0) is 26.7 Å². The van der Waals surface area contributed by atoms with Gasteiger partial charge in [0.25, 0.3) is 0 Å². The molecule has 1 aromatic rings. The lowest BCUT2D eigenvalue weighted by Crippen LogP contribution is -2.36. The molecule has 8 heteroatoms. The second-order valence-electron chi connectivity index (χ2n) is 5.47. The van der Waals surface area contributed by atoms with E-state index in [1.54, 1.807) is 6.33 Å². The largest absolute Gasteiger partial charge is 0.466 e. The number of hydrogen-bond donors (Lipinski definition) is 2. The molecule has 0 aliphatic rings. The molecule has 1 rings (SSSR count). The van der Waals surface area contributed by atoms with Crippen LogP contribution in [0.4, 0.5) is 4.79 Å². The van der Waals surface area contributed by atoms with Crippen LogP contribution in [0, 0.1) is 0 Å². The summed E-state index contributed by atoms with van der Waals surface area (Å²) < 4.78 is 6.76. The van der Waals surface area contributed by atoms with Gasteiger partial charge in [0.15, 0.2) is 5.82 Å².